The van der Waals surface area contributed by atoms with Gasteiger partial charge in [0.1, 0.15) is 10.7 Å². The number of hydrogen-bond donors (Lipinski definition) is 2. The van der Waals surface area contributed by atoms with E-state index in [1.807, 2.05) is 0 Å². The standard InChI is InChI=1S/C13H20ClN3O3S/c1-15-13-12(14)7-11(8-16-13)21(18,19)17-5-2-6-20-9-10-3-4-10/h7-8,10,17H,2-6,9H2,1H3,(H,15,16). The van der Waals surface area contributed by atoms with Gasteiger partial charge in [-0.15, -0.1) is 0 Å². The topological polar surface area (TPSA) is 80.3 Å². The second-order valence-electron chi connectivity index (χ2n) is 5.02. The van der Waals surface area contributed by atoms with Gasteiger partial charge in [-0.05, 0) is 31.2 Å². The number of sulfonamides is 1. The quantitative estimate of drug-likeness (QED) is 0.674. The number of anilines is 1. The molecule has 0 spiro atoms. The summed E-state index contributed by atoms with van der Waals surface area (Å²) in [6.07, 6.45) is 4.43. The van der Waals surface area contributed by atoms with E-state index in [0.717, 1.165) is 12.5 Å². The highest BCUT2D eigenvalue weighted by atomic mass is 35.5. The van der Waals surface area contributed by atoms with Crippen molar-refractivity contribution in [2.45, 2.75) is 24.2 Å². The van der Waals surface area contributed by atoms with Gasteiger partial charge in [0.2, 0.25) is 10.0 Å². The molecular formula is C13H20ClN3O3S. The Hall–Kier alpha value is -0.890. The third-order valence-corrected chi connectivity index (χ3v) is 4.89. The zero-order chi connectivity index (χ0) is 15.3. The zero-order valence-electron chi connectivity index (χ0n) is 11.9. The first kappa shape index (κ1) is 16.5. The number of pyridine rings is 1. The van der Waals surface area contributed by atoms with E-state index >= 15 is 0 Å². The molecular weight excluding hydrogens is 314 g/mol. The minimum Gasteiger partial charge on any atom is -0.381 e. The van der Waals surface area contributed by atoms with Crippen molar-refractivity contribution in [3.63, 3.8) is 0 Å². The molecule has 1 aliphatic rings. The maximum atomic E-state index is 12.1. The summed E-state index contributed by atoms with van der Waals surface area (Å²) in [6.45, 7) is 1.69. The number of nitrogens with zero attached hydrogens (tertiary/aromatic N) is 1. The number of nitrogens with one attached hydrogen (secondary N) is 2. The lowest BCUT2D eigenvalue weighted by atomic mass is 10.4. The average molecular weight is 334 g/mol. The van der Waals surface area contributed by atoms with Crippen molar-refractivity contribution < 1.29 is 13.2 Å². The minimum atomic E-state index is -3.58. The highest BCUT2D eigenvalue weighted by Gasteiger charge is 2.21. The van der Waals surface area contributed by atoms with Crippen LogP contribution in [0.3, 0.4) is 0 Å². The smallest absolute Gasteiger partial charge is 0.242 e. The number of aromatic nitrogens is 1. The number of hydrogen-bond acceptors (Lipinski definition) is 5. The largest absolute Gasteiger partial charge is 0.381 e. The molecule has 0 saturated heterocycles. The summed E-state index contributed by atoms with van der Waals surface area (Å²) >= 11 is 5.94. The summed E-state index contributed by atoms with van der Waals surface area (Å²) in [6, 6.07) is 1.38. The van der Waals surface area contributed by atoms with Crippen LogP contribution in [0.15, 0.2) is 17.2 Å². The van der Waals surface area contributed by atoms with Crippen molar-refractivity contribution >= 4 is 27.4 Å². The van der Waals surface area contributed by atoms with Gasteiger partial charge in [0, 0.05) is 33.0 Å². The second-order valence-corrected chi connectivity index (χ2v) is 7.20. The Morgan fingerprint density at radius 3 is 2.86 bits per heavy atom. The summed E-state index contributed by atoms with van der Waals surface area (Å²) < 4.78 is 32.1. The SMILES string of the molecule is CNc1ncc(S(=O)(=O)NCCCOCC2CC2)cc1Cl. The normalized spacial score (nSPS) is 15.1. The molecule has 0 aliphatic heterocycles. The fraction of sp³-hybridized carbons (Fsp3) is 0.615. The van der Waals surface area contributed by atoms with E-state index in [0.29, 0.717) is 25.4 Å². The molecule has 1 aliphatic carbocycles. The summed E-state index contributed by atoms with van der Waals surface area (Å²) in [4.78, 5) is 4.02. The lowest BCUT2D eigenvalue weighted by Gasteiger charge is -2.08. The zero-order valence-corrected chi connectivity index (χ0v) is 13.5. The molecule has 21 heavy (non-hydrogen) atoms. The fourth-order valence-electron chi connectivity index (χ4n) is 1.75. The molecule has 2 rings (SSSR count). The van der Waals surface area contributed by atoms with E-state index in [9.17, 15) is 8.42 Å². The number of ether oxygens (including phenoxy) is 1. The number of halogens is 1. The first-order valence-electron chi connectivity index (χ1n) is 6.93. The predicted molar refractivity (Wildman–Crippen MR) is 82.1 cm³/mol. The van der Waals surface area contributed by atoms with Crippen LogP contribution in [0.5, 0.6) is 0 Å². The Kier molecular flexibility index (Phi) is 5.80. The van der Waals surface area contributed by atoms with E-state index in [-0.39, 0.29) is 9.92 Å². The van der Waals surface area contributed by atoms with E-state index in [1.54, 1.807) is 7.05 Å². The van der Waals surface area contributed by atoms with Gasteiger partial charge in [-0.3, -0.25) is 0 Å². The van der Waals surface area contributed by atoms with Crippen LogP contribution in [0, 0.1) is 5.92 Å². The molecule has 1 fully saturated rings. The average Bonchev–Trinajstić information content (AvgIpc) is 3.26. The van der Waals surface area contributed by atoms with Crippen LogP contribution in [-0.4, -0.2) is 40.2 Å². The van der Waals surface area contributed by atoms with Crippen LogP contribution in [0.2, 0.25) is 5.02 Å². The van der Waals surface area contributed by atoms with Crippen molar-refractivity contribution in [2.24, 2.45) is 5.92 Å². The lowest BCUT2D eigenvalue weighted by Crippen LogP contribution is -2.26. The summed E-state index contributed by atoms with van der Waals surface area (Å²) in [5.41, 5.74) is 0. The van der Waals surface area contributed by atoms with Gasteiger partial charge in [0.05, 0.1) is 5.02 Å². The van der Waals surface area contributed by atoms with E-state index in [1.165, 1.54) is 25.1 Å². The first-order chi connectivity index (χ1) is 10.0. The molecule has 0 unspecified atom stereocenters. The van der Waals surface area contributed by atoms with Crippen molar-refractivity contribution in [1.29, 1.82) is 0 Å². The van der Waals surface area contributed by atoms with Gasteiger partial charge in [-0.1, -0.05) is 11.6 Å². The molecule has 1 aromatic heterocycles. The molecule has 0 amide bonds. The summed E-state index contributed by atoms with van der Waals surface area (Å²) in [7, 11) is -1.91. The molecule has 1 aromatic rings. The maximum Gasteiger partial charge on any atom is 0.242 e. The minimum absolute atomic E-state index is 0.0606. The Bertz CT molecular complexity index is 576. The van der Waals surface area contributed by atoms with Crippen LogP contribution < -0.4 is 10.0 Å². The van der Waals surface area contributed by atoms with Gasteiger partial charge in [-0.2, -0.15) is 0 Å². The molecule has 1 saturated carbocycles. The van der Waals surface area contributed by atoms with Gasteiger partial charge in [0.25, 0.3) is 0 Å². The molecule has 2 N–H and O–H groups in total. The van der Waals surface area contributed by atoms with Crippen molar-refractivity contribution in [1.82, 2.24) is 9.71 Å². The molecule has 8 heteroatoms. The van der Waals surface area contributed by atoms with Crippen molar-refractivity contribution in [2.75, 3.05) is 32.1 Å². The van der Waals surface area contributed by atoms with Crippen LogP contribution in [0.1, 0.15) is 19.3 Å². The van der Waals surface area contributed by atoms with Gasteiger partial charge in [-0.25, -0.2) is 18.1 Å². The summed E-state index contributed by atoms with van der Waals surface area (Å²) in [5.74, 6) is 1.17. The van der Waals surface area contributed by atoms with Crippen molar-refractivity contribution in [3.05, 3.63) is 17.3 Å². The predicted octanol–water partition coefficient (Wildman–Crippen LogP) is 1.87. The Balaban J connectivity index is 1.78. The van der Waals surface area contributed by atoms with Crippen molar-refractivity contribution in [3.8, 4) is 0 Å². The monoisotopic (exact) mass is 333 g/mol. The Morgan fingerprint density at radius 1 is 1.48 bits per heavy atom. The third-order valence-electron chi connectivity index (χ3n) is 3.17. The van der Waals surface area contributed by atoms with Crippen LogP contribution in [0.25, 0.3) is 0 Å². The van der Waals surface area contributed by atoms with E-state index in [4.69, 9.17) is 16.3 Å². The van der Waals surface area contributed by atoms with E-state index in [2.05, 4.69) is 15.0 Å². The number of rotatable bonds is 9. The molecule has 0 aromatic carbocycles. The summed E-state index contributed by atoms with van der Waals surface area (Å²) in [5, 5.41) is 3.05. The van der Waals surface area contributed by atoms with Crippen LogP contribution in [-0.2, 0) is 14.8 Å². The van der Waals surface area contributed by atoms with Gasteiger partial charge >= 0.3 is 0 Å². The lowest BCUT2D eigenvalue weighted by molar-refractivity contribution is 0.123. The molecule has 0 bridgehead atoms. The van der Waals surface area contributed by atoms with Gasteiger partial charge in [0.15, 0.2) is 0 Å². The molecule has 1 heterocycles. The highest BCUT2D eigenvalue weighted by Crippen LogP contribution is 2.28. The highest BCUT2D eigenvalue weighted by molar-refractivity contribution is 7.89. The molecule has 6 nitrogen and oxygen atoms in total. The Labute approximate surface area is 130 Å². The third kappa shape index (κ3) is 5.10. The van der Waals surface area contributed by atoms with Crippen LogP contribution >= 0.6 is 11.6 Å². The van der Waals surface area contributed by atoms with Gasteiger partial charge < -0.3 is 10.1 Å². The van der Waals surface area contributed by atoms with Crippen LogP contribution in [0.4, 0.5) is 5.82 Å². The maximum absolute atomic E-state index is 12.1. The molecule has 118 valence electrons. The van der Waals surface area contributed by atoms with E-state index < -0.39 is 10.0 Å². The molecule has 0 atom stereocenters. The molecule has 0 radical (unpaired) electrons. The second kappa shape index (κ2) is 7.40. The Morgan fingerprint density at radius 2 is 2.24 bits per heavy atom. The fourth-order valence-corrected chi connectivity index (χ4v) is 3.12. The first-order valence-corrected chi connectivity index (χ1v) is 8.80.